The average molecular weight is 340 g/mol. The molecule has 0 spiro atoms. The number of aliphatic carboxylic acids is 1. The normalized spacial score (nSPS) is 24.3. The summed E-state index contributed by atoms with van der Waals surface area (Å²) in [5.41, 5.74) is 1.98. The van der Waals surface area contributed by atoms with Gasteiger partial charge in [-0.2, -0.15) is 0 Å². The lowest BCUT2D eigenvalue weighted by molar-refractivity contribution is -0.132. The lowest BCUT2D eigenvalue weighted by Crippen LogP contribution is -2.56. The van der Waals surface area contributed by atoms with Crippen LogP contribution in [-0.2, 0) is 14.3 Å². The molecule has 0 aromatic carbocycles. The zero-order valence-electron chi connectivity index (χ0n) is 14.7. The van der Waals surface area contributed by atoms with Crippen LogP contribution in [0.25, 0.3) is 0 Å². The first-order valence-electron chi connectivity index (χ1n) is 8.03. The molecular weight excluding hydrogens is 312 g/mol. The second kappa shape index (κ2) is 8.79. The van der Waals surface area contributed by atoms with Crippen molar-refractivity contribution < 1.29 is 19.4 Å². The van der Waals surface area contributed by atoms with Crippen LogP contribution in [-0.4, -0.2) is 48.1 Å². The Hall–Kier alpha value is -1.93. The molecule has 0 aromatic rings. The van der Waals surface area contributed by atoms with Gasteiger partial charge >= 0.3 is 5.97 Å². The highest BCUT2D eigenvalue weighted by Crippen LogP contribution is 2.36. The maximum atomic E-state index is 11.7. The number of amides is 1. The van der Waals surface area contributed by atoms with Crippen LogP contribution < -0.4 is 16.6 Å². The molecule has 0 radical (unpaired) electrons. The summed E-state index contributed by atoms with van der Waals surface area (Å²) in [6.07, 6.45) is 4.87. The van der Waals surface area contributed by atoms with Crippen molar-refractivity contribution in [1.82, 2.24) is 10.7 Å². The third kappa shape index (κ3) is 4.78. The Morgan fingerprint density at radius 2 is 2.29 bits per heavy atom. The standard InChI is InChI=1S/C16H28N4O4/c1-5-6-16(3,24-4)14(20-10(2)21)12-7-11(15(22)23)8-13(12)18-9-19-17/h7,9,12-14H,5-6,8,17H2,1-4H3,(H,18,19)(H,20,21)(H,22,23). The van der Waals surface area contributed by atoms with Crippen molar-refractivity contribution in [3.8, 4) is 0 Å². The second-order valence-corrected chi connectivity index (χ2v) is 6.24. The molecule has 1 rings (SSSR count). The fourth-order valence-corrected chi connectivity index (χ4v) is 3.30. The number of nitrogens with two attached hydrogens (primary N) is 1. The lowest BCUT2D eigenvalue weighted by Gasteiger charge is -2.41. The topological polar surface area (TPSA) is 126 Å². The predicted molar refractivity (Wildman–Crippen MR) is 91.4 cm³/mol. The van der Waals surface area contributed by atoms with Crippen LogP contribution in [0.1, 0.15) is 40.0 Å². The third-order valence-electron chi connectivity index (χ3n) is 4.50. The Bertz CT molecular complexity index is 520. The van der Waals surface area contributed by atoms with E-state index in [1.807, 2.05) is 13.8 Å². The zero-order valence-corrected chi connectivity index (χ0v) is 14.7. The Labute approximate surface area is 142 Å². The van der Waals surface area contributed by atoms with Crippen LogP contribution in [0.5, 0.6) is 0 Å². The smallest absolute Gasteiger partial charge is 0.331 e. The van der Waals surface area contributed by atoms with Crippen molar-refractivity contribution in [3.05, 3.63) is 11.6 Å². The number of hydrogen-bond acceptors (Lipinski definition) is 5. The van der Waals surface area contributed by atoms with Gasteiger partial charge in [0.15, 0.2) is 0 Å². The number of carbonyl (C=O) groups excluding carboxylic acids is 1. The summed E-state index contributed by atoms with van der Waals surface area (Å²) in [7, 11) is 1.60. The first kappa shape index (κ1) is 20.1. The molecule has 0 bridgehead atoms. The molecule has 0 heterocycles. The molecule has 24 heavy (non-hydrogen) atoms. The molecular formula is C16H28N4O4. The summed E-state index contributed by atoms with van der Waals surface area (Å²) in [5.74, 6) is 3.76. The van der Waals surface area contributed by atoms with Gasteiger partial charge in [-0.1, -0.05) is 19.4 Å². The zero-order chi connectivity index (χ0) is 18.3. The summed E-state index contributed by atoms with van der Waals surface area (Å²) in [5, 5.41) is 12.3. The molecule has 1 aliphatic carbocycles. The number of hydrogen-bond donors (Lipinski definition) is 4. The summed E-state index contributed by atoms with van der Waals surface area (Å²) in [6, 6.07) is -0.743. The van der Waals surface area contributed by atoms with Crippen LogP contribution in [0.3, 0.4) is 0 Å². The SMILES string of the molecule is CCCC(C)(OC)C(NC(C)=O)C1C=C(C(=O)O)CC1N=CNN. The highest BCUT2D eigenvalue weighted by molar-refractivity contribution is 5.87. The van der Waals surface area contributed by atoms with Crippen molar-refractivity contribution in [2.75, 3.05) is 7.11 Å². The van der Waals surface area contributed by atoms with Gasteiger partial charge < -0.3 is 20.6 Å². The molecule has 0 saturated carbocycles. The molecule has 5 N–H and O–H groups in total. The van der Waals surface area contributed by atoms with E-state index in [-0.39, 0.29) is 29.9 Å². The van der Waals surface area contributed by atoms with Crippen molar-refractivity contribution in [1.29, 1.82) is 0 Å². The number of rotatable bonds is 9. The van der Waals surface area contributed by atoms with E-state index in [9.17, 15) is 14.7 Å². The van der Waals surface area contributed by atoms with Crippen molar-refractivity contribution >= 4 is 18.2 Å². The van der Waals surface area contributed by atoms with Gasteiger partial charge in [0.1, 0.15) is 0 Å². The molecule has 8 nitrogen and oxygen atoms in total. The summed E-state index contributed by atoms with van der Waals surface area (Å²) in [4.78, 5) is 27.4. The molecule has 136 valence electrons. The number of carboxylic acids is 1. The summed E-state index contributed by atoms with van der Waals surface area (Å²) >= 11 is 0. The highest BCUT2D eigenvalue weighted by atomic mass is 16.5. The van der Waals surface area contributed by atoms with Crippen molar-refractivity contribution in [2.45, 2.75) is 57.7 Å². The number of nitrogens with one attached hydrogen (secondary N) is 2. The quantitative estimate of drug-likeness (QED) is 0.211. The summed E-state index contributed by atoms with van der Waals surface area (Å²) in [6.45, 7) is 5.39. The van der Waals surface area contributed by atoms with E-state index in [0.29, 0.717) is 6.42 Å². The highest BCUT2D eigenvalue weighted by Gasteiger charge is 2.45. The lowest BCUT2D eigenvalue weighted by atomic mass is 9.80. The monoisotopic (exact) mass is 340 g/mol. The first-order chi connectivity index (χ1) is 11.3. The van der Waals surface area contributed by atoms with Gasteiger partial charge in [0.25, 0.3) is 0 Å². The number of carboxylic acid groups (broad SMARTS) is 1. The molecule has 0 aliphatic heterocycles. The maximum Gasteiger partial charge on any atom is 0.331 e. The van der Waals surface area contributed by atoms with E-state index in [4.69, 9.17) is 10.6 Å². The van der Waals surface area contributed by atoms with Gasteiger partial charge in [0.05, 0.1) is 24.0 Å². The second-order valence-electron chi connectivity index (χ2n) is 6.24. The van der Waals surface area contributed by atoms with Crippen LogP contribution in [0.15, 0.2) is 16.6 Å². The average Bonchev–Trinajstić information content (AvgIpc) is 2.94. The summed E-state index contributed by atoms with van der Waals surface area (Å²) < 4.78 is 5.72. The van der Waals surface area contributed by atoms with Gasteiger partial charge in [-0.25, -0.2) is 10.6 Å². The minimum atomic E-state index is -0.977. The minimum absolute atomic E-state index is 0.198. The van der Waals surface area contributed by atoms with E-state index >= 15 is 0 Å². The molecule has 4 unspecified atom stereocenters. The van der Waals surface area contributed by atoms with E-state index < -0.39 is 17.6 Å². The molecule has 0 aromatic heterocycles. The predicted octanol–water partition coefficient (Wildman–Crippen LogP) is 0.587. The van der Waals surface area contributed by atoms with E-state index in [1.165, 1.54) is 13.3 Å². The fourth-order valence-electron chi connectivity index (χ4n) is 3.30. The molecule has 4 atom stereocenters. The van der Waals surface area contributed by atoms with Crippen LogP contribution in [0.2, 0.25) is 0 Å². The van der Waals surface area contributed by atoms with E-state index in [0.717, 1.165) is 6.42 Å². The molecule has 0 fully saturated rings. The number of hydrazine groups is 1. The number of ether oxygens (including phenoxy) is 1. The fraction of sp³-hybridized carbons (Fsp3) is 0.688. The molecule has 1 amide bonds. The Balaban J connectivity index is 3.26. The largest absolute Gasteiger partial charge is 0.478 e. The van der Waals surface area contributed by atoms with E-state index in [1.54, 1.807) is 13.2 Å². The van der Waals surface area contributed by atoms with Crippen LogP contribution in [0.4, 0.5) is 0 Å². The molecule has 0 saturated heterocycles. The van der Waals surface area contributed by atoms with Crippen LogP contribution in [0, 0.1) is 5.92 Å². The van der Waals surface area contributed by atoms with Gasteiger partial charge in [0.2, 0.25) is 5.91 Å². The number of aliphatic imine (C=N–C) groups is 1. The first-order valence-corrected chi connectivity index (χ1v) is 8.03. The number of nitrogens with zero attached hydrogens (tertiary/aromatic N) is 1. The van der Waals surface area contributed by atoms with Crippen LogP contribution >= 0.6 is 0 Å². The van der Waals surface area contributed by atoms with Gasteiger partial charge in [-0.15, -0.1) is 0 Å². The molecule has 8 heteroatoms. The van der Waals surface area contributed by atoms with E-state index in [2.05, 4.69) is 15.7 Å². The third-order valence-corrected chi connectivity index (χ3v) is 4.50. The number of carbonyl (C=O) groups is 2. The molecule has 1 aliphatic rings. The van der Waals surface area contributed by atoms with Crippen molar-refractivity contribution in [2.24, 2.45) is 16.8 Å². The maximum absolute atomic E-state index is 11.7. The van der Waals surface area contributed by atoms with Gasteiger partial charge in [-0.3, -0.25) is 9.79 Å². The van der Waals surface area contributed by atoms with Gasteiger partial charge in [0, 0.05) is 31.9 Å². The number of methoxy groups -OCH3 is 1. The van der Waals surface area contributed by atoms with Crippen molar-refractivity contribution in [3.63, 3.8) is 0 Å². The Morgan fingerprint density at radius 1 is 1.62 bits per heavy atom. The Morgan fingerprint density at radius 3 is 2.75 bits per heavy atom. The minimum Gasteiger partial charge on any atom is -0.478 e. The van der Waals surface area contributed by atoms with Gasteiger partial charge in [-0.05, 0) is 13.3 Å². The Kier molecular flexibility index (Phi) is 7.37.